The Morgan fingerprint density at radius 1 is 1.48 bits per heavy atom. The molecule has 21 heavy (non-hydrogen) atoms. The topological polar surface area (TPSA) is 79.5 Å². The molecule has 2 aromatic rings. The summed E-state index contributed by atoms with van der Waals surface area (Å²) in [5, 5.41) is 18.1. The molecular formula is C14H15ClN4O2. The molecule has 0 aliphatic carbocycles. The van der Waals surface area contributed by atoms with E-state index >= 15 is 0 Å². The molecule has 0 atom stereocenters. The first kappa shape index (κ1) is 15.1. The molecule has 1 aromatic heterocycles. The van der Waals surface area contributed by atoms with Crippen LogP contribution in [0.25, 0.3) is 0 Å². The van der Waals surface area contributed by atoms with Crippen molar-refractivity contribution < 1.29 is 9.90 Å². The monoisotopic (exact) mass is 306 g/mol. The maximum Gasteiger partial charge on any atom is 0.261 e. The molecule has 0 fully saturated rings. The first-order valence-corrected chi connectivity index (χ1v) is 6.65. The predicted molar refractivity (Wildman–Crippen MR) is 80.6 cm³/mol. The van der Waals surface area contributed by atoms with Gasteiger partial charge < -0.3 is 5.11 Å². The van der Waals surface area contributed by atoms with Gasteiger partial charge in [-0.15, -0.1) is 0 Å². The quantitative estimate of drug-likeness (QED) is 0.670. The Balaban J connectivity index is 1.96. The van der Waals surface area contributed by atoms with Crippen molar-refractivity contribution in [1.29, 1.82) is 0 Å². The molecular weight excluding hydrogens is 292 g/mol. The highest BCUT2D eigenvalue weighted by Gasteiger charge is 2.06. The fraction of sp³-hybridized carbons (Fsp3) is 0.214. The van der Waals surface area contributed by atoms with Crippen molar-refractivity contribution in [2.75, 3.05) is 0 Å². The number of phenolic OH excluding ortho intramolecular Hbond substituents is 1. The van der Waals surface area contributed by atoms with Gasteiger partial charge in [-0.05, 0) is 38.1 Å². The highest BCUT2D eigenvalue weighted by atomic mass is 35.5. The van der Waals surface area contributed by atoms with Gasteiger partial charge in [-0.3, -0.25) is 9.48 Å². The van der Waals surface area contributed by atoms with Crippen LogP contribution in [0.2, 0.25) is 5.02 Å². The number of phenols is 1. The second kappa shape index (κ2) is 6.41. The number of nitrogens with one attached hydrogen (secondary N) is 1. The molecule has 7 heteroatoms. The molecule has 2 N–H and O–H groups in total. The maximum atomic E-state index is 11.7. The van der Waals surface area contributed by atoms with Gasteiger partial charge in [0.2, 0.25) is 0 Å². The molecule has 0 saturated carbocycles. The first-order chi connectivity index (χ1) is 9.95. The van der Waals surface area contributed by atoms with Crippen LogP contribution in [0.3, 0.4) is 0 Å². The van der Waals surface area contributed by atoms with Crippen LogP contribution in [0.5, 0.6) is 5.75 Å². The van der Waals surface area contributed by atoms with E-state index in [2.05, 4.69) is 15.6 Å². The van der Waals surface area contributed by atoms with Crippen LogP contribution in [0, 0.1) is 13.8 Å². The number of amides is 1. The number of hydrazone groups is 1. The molecule has 6 nitrogen and oxygen atoms in total. The number of aromatic hydroxyl groups is 1. The average Bonchev–Trinajstić information content (AvgIpc) is 2.72. The minimum absolute atomic E-state index is 0.0379. The lowest BCUT2D eigenvalue weighted by Gasteiger charge is -2.03. The molecule has 0 saturated heterocycles. The zero-order valence-corrected chi connectivity index (χ0v) is 12.4. The second-order valence-corrected chi connectivity index (χ2v) is 5.02. The molecule has 0 spiro atoms. The van der Waals surface area contributed by atoms with E-state index in [4.69, 9.17) is 11.6 Å². The van der Waals surface area contributed by atoms with Crippen LogP contribution in [-0.4, -0.2) is 27.0 Å². The van der Waals surface area contributed by atoms with Crippen molar-refractivity contribution in [3.8, 4) is 5.75 Å². The SMILES string of the molecule is Cc1cc(C)n(CC(=O)NN=Cc2cc(Cl)ccc2O)n1. The molecule has 0 bridgehead atoms. The fourth-order valence-corrected chi connectivity index (χ4v) is 1.99. The summed E-state index contributed by atoms with van der Waals surface area (Å²) in [7, 11) is 0. The number of carbonyl (C=O) groups is 1. The van der Waals surface area contributed by atoms with E-state index in [0.717, 1.165) is 11.4 Å². The molecule has 0 radical (unpaired) electrons. The molecule has 110 valence electrons. The van der Waals surface area contributed by atoms with Gasteiger partial charge in [0.1, 0.15) is 12.3 Å². The number of carbonyl (C=O) groups excluding carboxylic acids is 1. The third-order valence-electron chi connectivity index (χ3n) is 2.78. The Labute approximate surface area is 127 Å². The standard InChI is InChI=1S/C14H15ClN4O2/c1-9-5-10(2)19(18-9)8-14(21)17-16-7-11-6-12(15)3-4-13(11)20/h3-7,20H,8H2,1-2H3,(H,17,21). The van der Waals surface area contributed by atoms with E-state index < -0.39 is 0 Å². The summed E-state index contributed by atoms with van der Waals surface area (Å²) in [6.07, 6.45) is 1.33. The summed E-state index contributed by atoms with van der Waals surface area (Å²) in [6, 6.07) is 6.46. The molecule has 1 aromatic carbocycles. The molecule has 0 aliphatic rings. The summed E-state index contributed by atoms with van der Waals surface area (Å²) in [5.74, 6) is -0.269. The normalized spacial score (nSPS) is 11.0. The van der Waals surface area contributed by atoms with Crippen molar-refractivity contribution in [2.24, 2.45) is 5.10 Å². The minimum Gasteiger partial charge on any atom is -0.507 e. The largest absolute Gasteiger partial charge is 0.507 e. The number of benzene rings is 1. The number of aryl methyl sites for hydroxylation is 2. The Kier molecular flexibility index (Phi) is 4.59. The Morgan fingerprint density at radius 3 is 2.90 bits per heavy atom. The lowest BCUT2D eigenvalue weighted by atomic mass is 10.2. The smallest absolute Gasteiger partial charge is 0.261 e. The van der Waals surface area contributed by atoms with E-state index in [9.17, 15) is 9.90 Å². The third-order valence-corrected chi connectivity index (χ3v) is 3.01. The summed E-state index contributed by atoms with van der Waals surface area (Å²) < 4.78 is 1.59. The number of aromatic nitrogens is 2. The molecule has 0 unspecified atom stereocenters. The minimum atomic E-state index is -0.307. The predicted octanol–water partition coefficient (Wildman–Crippen LogP) is 2.01. The van der Waals surface area contributed by atoms with Crippen molar-refractivity contribution >= 4 is 23.7 Å². The van der Waals surface area contributed by atoms with Crippen LogP contribution in [0.15, 0.2) is 29.4 Å². The summed E-state index contributed by atoms with van der Waals surface area (Å²) >= 11 is 5.81. The van der Waals surface area contributed by atoms with Crippen molar-refractivity contribution in [3.63, 3.8) is 0 Å². The van der Waals surface area contributed by atoms with Gasteiger partial charge in [0, 0.05) is 16.3 Å². The highest BCUT2D eigenvalue weighted by Crippen LogP contribution is 2.19. The molecule has 1 amide bonds. The Morgan fingerprint density at radius 2 is 2.24 bits per heavy atom. The number of hydrogen-bond donors (Lipinski definition) is 2. The van der Waals surface area contributed by atoms with Gasteiger partial charge in [0.05, 0.1) is 11.9 Å². The Hall–Kier alpha value is -2.34. The van der Waals surface area contributed by atoms with Crippen LogP contribution in [-0.2, 0) is 11.3 Å². The Bertz CT molecular complexity index is 694. The van der Waals surface area contributed by atoms with Gasteiger partial charge >= 0.3 is 0 Å². The molecule has 2 rings (SSSR count). The van der Waals surface area contributed by atoms with Gasteiger partial charge in [0.25, 0.3) is 5.91 Å². The number of halogens is 1. The number of hydrogen-bond acceptors (Lipinski definition) is 4. The highest BCUT2D eigenvalue weighted by molar-refractivity contribution is 6.30. The van der Waals surface area contributed by atoms with E-state index in [0.29, 0.717) is 10.6 Å². The fourth-order valence-electron chi connectivity index (χ4n) is 1.81. The van der Waals surface area contributed by atoms with E-state index in [1.54, 1.807) is 16.8 Å². The summed E-state index contributed by atoms with van der Waals surface area (Å²) in [5.41, 5.74) is 4.56. The summed E-state index contributed by atoms with van der Waals surface area (Å²) in [4.78, 5) is 11.7. The van der Waals surface area contributed by atoms with E-state index in [-0.39, 0.29) is 18.2 Å². The zero-order chi connectivity index (χ0) is 15.4. The average molecular weight is 307 g/mol. The van der Waals surface area contributed by atoms with E-state index in [1.807, 2.05) is 19.9 Å². The van der Waals surface area contributed by atoms with E-state index in [1.165, 1.54) is 12.3 Å². The van der Waals surface area contributed by atoms with Crippen molar-refractivity contribution in [2.45, 2.75) is 20.4 Å². The van der Waals surface area contributed by atoms with Crippen molar-refractivity contribution in [1.82, 2.24) is 15.2 Å². The van der Waals surface area contributed by atoms with Crippen LogP contribution >= 0.6 is 11.6 Å². The van der Waals surface area contributed by atoms with Gasteiger partial charge in [-0.1, -0.05) is 11.6 Å². The van der Waals surface area contributed by atoms with Crippen LogP contribution in [0.4, 0.5) is 0 Å². The van der Waals surface area contributed by atoms with Gasteiger partial charge in [-0.2, -0.15) is 10.2 Å². The van der Waals surface area contributed by atoms with Crippen LogP contribution in [0.1, 0.15) is 17.0 Å². The lowest BCUT2D eigenvalue weighted by Crippen LogP contribution is -2.24. The van der Waals surface area contributed by atoms with Crippen molar-refractivity contribution in [3.05, 3.63) is 46.2 Å². The molecule has 0 aliphatic heterocycles. The second-order valence-electron chi connectivity index (χ2n) is 4.58. The molecule has 1 heterocycles. The first-order valence-electron chi connectivity index (χ1n) is 6.27. The number of nitrogens with zero attached hydrogens (tertiary/aromatic N) is 3. The van der Waals surface area contributed by atoms with Gasteiger partial charge in [-0.25, -0.2) is 5.43 Å². The number of rotatable bonds is 4. The van der Waals surface area contributed by atoms with Gasteiger partial charge in [0.15, 0.2) is 0 Å². The maximum absolute atomic E-state index is 11.7. The lowest BCUT2D eigenvalue weighted by molar-refractivity contribution is -0.121. The zero-order valence-electron chi connectivity index (χ0n) is 11.7. The van der Waals surface area contributed by atoms with Crippen LogP contribution < -0.4 is 5.43 Å². The third kappa shape index (κ3) is 4.06. The summed E-state index contributed by atoms with van der Waals surface area (Å²) in [6.45, 7) is 3.82.